The van der Waals surface area contributed by atoms with E-state index in [1.54, 1.807) is 0 Å². The van der Waals surface area contributed by atoms with E-state index in [1.165, 1.54) is 0 Å². The number of nitrogens with zero attached hydrogens (tertiary/aromatic N) is 3. The highest BCUT2D eigenvalue weighted by Gasteiger charge is 2.06. The van der Waals surface area contributed by atoms with Gasteiger partial charge in [0, 0.05) is 11.1 Å². The van der Waals surface area contributed by atoms with E-state index in [4.69, 9.17) is 11.0 Å². The van der Waals surface area contributed by atoms with Crippen LogP contribution in [0.1, 0.15) is 5.56 Å². The fourth-order valence-corrected chi connectivity index (χ4v) is 2.14. The lowest BCUT2D eigenvalue weighted by atomic mass is 10.1. The summed E-state index contributed by atoms with van der Waals surface area (Å²) in [5.74, 6) is 0. The zero-order valence-corrected chi connectivity index (χ0v) is 10.2. The van der Waals surface area contributed by atoms with E-state index < -0.39 is 0 Å². The molecule has 0 saturated heterocycles. The Morgan fingerprint density at radius 2 is 2.05 bits per heavy atom. The maximum atomic E-state index is 8.81. The standard InChI is InChI=1S/C15H12N4/c16-8-7-11-9-13(5-6-14(11)17)19-15-4-2-1-3-12(15)10-18-19/h1-6,9-10H,7,17H2. The lowest BCUT2D eigenvalue weighted by molar-refractivity contribution is 0.908. The third kappa shape index (κ3) is 1.91. The third-order valence-corrected chi connectivity index (χ3v) is 3.12. The number of hydrogen-bond acceptors (Lipinski definition) is 3. The Morgan fingerprint density at radius 1 is 1.21 bits per heavy atom. The molecule has 0 spiro atoms. The zero-order chi connectivity index (χ0) is 13.2. The van der Waals surface area contributed by atoms with Gasteiger partial charge in [-0.25, -0.2) is 4.68 Å². The van der Waals surface area contributed by atoms with Gasteiger partial charge in [-0.3, -0.25) is 0 Å². The zero-order valence-electron chi connectivity index (χ0n) is 10.2. The van der Waals surface area contributed by atoms with Crippen LogP contribution in [-0.4, -0.2) is 9.78 Å². The maximum absolute atomic E-state index is 8.81. The van der Waals surface area contributed by atoms with Crippen molar-refractivity contribution < 1.29 is 0 Å². The Balaban J connectivity index is 2.17. The second kappa shape index (κ2) is 4.46. The molecule has 92 valence electrons. The first kappa shape index (κ1) is 11.3. The van der Waals surface area contributed by atoms with Crippen LogP contribution in [0.4, 0.5) is 5.69 Å². The van der Waals surface area contributed by atoms with Crippen LogP contribution in [0.2, 0.25) is 0 Å². The Hall–Kier alpha value is -2.80. The molecule has 0 unspecified atom stereocenters. The lowest BCUT2D eigenvalue weighted by Crippen LogP contribution is -2.00. The van der Waals surface area contributed by atoms with Gasteiger partial charge >= 0.3 is 0 Å². The summed E-state index contributed by atoms with van der Waals surface area (Å²) in [5.41, 5.74) is 9.29. The number of nitrogens with two attached hydrogens (primary N) is 1. The van der Waals surface area contributed by atoms with E-state index in [9.17, 15) is 0 Å². The SMILES string of the molecule is N#CCc1cc(-n2ncc3ccccc32)ccc1N. The van der Waals surface area contributed by atoms with Crippen LogP contribution in [0, 0.1) is 11.3 Å². The van der Waals surface area contributed by atoms with Crippen molar-refractivity contribution in [2.24, 2.45) is 0 Å². The molecule has 2 aromatic carbocycles. The Kier molecular flexibility index (Phi) is 2.66. The smallest absolute Gasteiger partial charge is 0.0741 e. The highest BCUT2D eigenvalue weighted by atomic mass is 15.3. The molecule has 0 amide bonds. The number of anilines is 1. The van der Waals surface area contributed by atoms with Crippen molar-refractivity contribution in [3.8, 4) is 11.8 Å². The van der Waals surface area contributed by atoms with Gasteiger partial charge in [0.15, 0.2) is 0 Å². The van der Waals surface area contributed by atoms with E-state index in [0.717, 1.165) is 22.2 Å². The van der Waals surface area contributed by atoms with Gasteiger partial charge in [-0.2, -0.15) is 10.4 Å². The molecule has 19 heavy (non-hydrogen) atoms. The van der Waals surface area contributed by atoms with Crippen LogP contribution >= 0.6 is 0 Å². The first-order valence-corrected chi connectivity index (χ1v) is 5.98. The van der Waals surface area contributed by atoms with E-state index in [1.807, 2.05) is 53.3 Å². The molecule has 0 aliphatic carbocycles. The summed E-state index contributed by atoms with van der Waals surface area (Å²) in [6, 6.07) is 15.8. The van der Waals surface area contributed by atoms with Crippen LogP contribution in [-0.2, 0) is 6.42 Å². The number of benzene rings is 2. The van der Waals surface area contributed by atoms with Crippen molar-refractivity contribution >= 4 is 16.6 Å². The lowest BCUT2D eigenvalue weighted by Gasteiger charge is -2.07. The fraction of sp³-hybridized carbons (Fsp3) is 0.0667. The van der Waals surface area contributed by atoms with Gasteiger partial charge in [-0.1, -0.05) is 18.2 Å². The molecular weight excluding hydrogens is 236 g/mol. The summed E-state index contributed by atoms with van der Waals surface area (Å²) in [4.78, 5) is 0. The van der Waals surface area contributed by atoms with Crippen molar-refractivity contribution in [3.63, 3.8) is 0 Å². The molecule has 0 aliphatic heterocycles. The summed E-state index contributed by atoms with van der Waals surface area (Å²) < 4.78 is 1.86. The van der Waals surface area contributed by atoms with Crippen LogP contribution in [0.3, 0.4) is 0 Å². The molecule has 0 saturated carbocycles. The van der Waals surface area contributed by atoms with Crippen LogP contribution in [0.15, 0.2) is 48.7 Å². The summed E-state index contributed by atoms with van der Waals surface area (Å²) in [6.45, 7) is 0. The molecule has 3 rings (SSSR count). The van der Waals surface area contributed by atoms with E-state index in [2.05, 4.69) is 11.2 Å². The van der Waals surface area contributed by atoms with Crippen molar-refractivity contribution in [2.75, 3.05) is 5.73 Å². The molecule has 1 heterocycles. The quantitative estimate of drug-likeness (QED) is 0.709. The minimum atomic E-state index is 0.304. The van der Waals surface area contributed by atoms with Gasteiger partial charge in [0.2, 0.25) is 0 Å². The van der Waals surface area contributed by atoms with Gasteiger partial charge in [0.05, 0.1) is 29.9 Å². The van der Waals surface area contributed by atoms with Crippen LogP contribution < -0.4 is 5.73 Å². The van der Waals surface area contributed by atoms with Gasteiger partial charge in [-0.15, -0.1) is 0 Å². The van der Waals surface area contributed by atoms with Crippen molar-refractivity contribution in [1.29, 1.82) is 5.26 Å². The second-order valence-corrected chi connectivity index (χ2v) is 4.33. The topological polar surface area (TPSA) is 67.6 Å². The average molecular weight is 248 g/mol. The molecule has 1 aromatic heterocycles. The summed E-state index contributed by atoms with van der Waals surface area (Å²) >= 11 is 0. The molecule has 0 aliphatic rings. The van der Waals surface area contributed by atoms with Gasteiger partial charge < -0.3 is 5.73 Å². The van der Waals surface area contributed by atoms with Gasteiger partial charge in [0.1, 0.15) is 0 Å². The minimum Gasteiger partial charge on any atom is -0.398 e. The number of aromatic nitrogens is 2. The first-order valence-electron chi connectivity index (χ1n) is 5.98. The Labute approximate surface area is 110 Å². The van der Waals surface area contributed by atoms with Crippen LogP contribution in [0.25, 0.3) is 16.6 Å². The van der Waals surface area contributed by atoms with E-state index in [0.29, 0.717) is 12.1 Å². The monoisotopic (exact) mass is 248 g/mol. The second-order valence-electron chi connectivity index (χ2n) is 4.33. The largest absolute Gasteiger partial charge is 0.398 e. The molecule has 4 nitrogen and oxygen atoms in total. The molecule has 0 bridgehead atoms. The van der Waals surface area contributed by atoms with E-state index in [-0.39, 0.29) is 0 Å². The molecule has 3 aromatic rings. The first-order chi connectivity index (χ1) is 9.29. The predicted octanol–water partition coefficient (Wildman–Crippen LogP) is 2.67. The highest BCUT2D eigenvalue weighted by Crippen LogP contribution is 2.21. The van der Waals surface area contributed by atoms with Crippen LogP contribution in [0.5, 0.6) is 0 Å². The van der Waals surface area contributed by atoms with Crippen molar-refractivity contribution in [3.05, 3.63) is 54.2 Å². The molecule has 4 heteroatoms. The Morgan fingerprint density at radius 3 is 2.89 bits per heavy atom. The number of nitriles is 1. The molecule has 0 atom stereocenters. The molecule has 2 N–H and O–H groups in total. The van der Waals surface area contributed by atoms with Crippen molar-refractivity contribution in [1.82, 2.24) is 9.78 Å². The average Bonchev–Trinajstić information content (AvgIpc) is 2.85. The third-order valence-electron chi connectivity index (χ3n) is 3.12. The molecule has 0 radical (unpaired) electrons. The van der Waals surface area contributed by atoms with Gasteiger partial charge in [0.25, 0.3) is 0 Å². The number of hydrogen-bond donors (Lipinski definition) is 1. The number of fused-ring (bicyclic) bond motifs is 1. The fourth-order valence-electron chi connectivity index (χ4n) is 2.14. The number of rotatable bonds is 2. The normalized spacial score (nSPS) is 10.5. The maximum Gasteiger partial charge on any atom is 0.0741 e. The van der Waals surface area contributed by atoms with E-state index >= 15 is 0 Å². The molecule has 0 fully saturated rings. The minimum absolute atomic E-state index is 0.304. The van der Waals surface area contributed by atoms with Gasteiger partial charge in [-0.05, 0) is 29.8 Å². The van der Waals surface area contributed by atoms with Crippen molar-refractivity contribution in [2.45, 2.75) is 6.42 Å². The number of para-hydroxylation sites is 1. The predicted molar refractivity (Wildman–Crippen MR) is 74.8 cm³/mol. The number of nitrogen functional groups attached to an aromatic ring is 1. The summed E-state index contributed by atoms with van der Waals surface area (Å²) in [6.07, 6.45) is 2.13. The summed E-state index contributed by atoms with van der Waals surface area (Å²) in [5, 5.41) is 14.3. The highest BCUT2D eigenvalue weighted by molar-refractivity contribution is 5.80. The Bertz CT molecular complexity index is 780. The molecular formula is C15H12N4. The summed E-state index contributed by atoms with van der Waals surface area (Å²) in [7, 11) is 0.